The van der Waals surface area contributed by atoms with Crippen molar-refractivity contribution in [3.05, 3.63) is 106 Å². The van der Waals surface area contributed by atoms with Gasteiger partial charge in [-0.05, 0) is 72.5 Å². The minimum absolute atomic E-state index is 0.0241. The van der Waals surface area contributed by atoms with E-state index in [1.807, 2.05) is 6.92 Å². The number of rotatable bonds is 8. The van der Waals surface area contributed by atoms with Gasteiger partial charge in [0.25, 0.3) is 0 Å². The van der Waals surface area contributed by atoms with E-state index in [9.17, 15) is 9.90 Å². The van der Waals surface area contributed by atoms with Crippen molar-refractivity contribution in [2.45, 2.75) is 26.4 Å². The van der Waals surface area contributed by atoms with Gasteiger partial charge >= 0.3 is 5.97 Å². The fourth-order valence-corrected chi connectivity index (χ4v) is 4.70. The van der Waals surface area contributed by atoms with E-state index < -0.39 is 17.6 Å². The molecule has 5 aromatic rings. The second-order valence-electron chi connectivity index (χ2n) is 10.4. The molecule has 1 saturated heterocycles. The highest BCUT2D eigenvalue weighted by molar-refractivity contribution is 5.95. The summed E-state index contributed by atoms with van der Waals surface area (Å²) in [5.74, 6) is -1.52. The third kappa shape index (κ3) is 6.92. The summed E-state index contributed by atoms with van der Waals surface area (Å²) in [6.45, 7) is 4.07. The first kappa shape index (κ1) is 31.1. The number of halogens is 2. The number of ether oxygens (including phenoxy) is 3. The molecule has 1 aliphatic rings. The first-order chi connectivity index (χ1) is 21.7. The number of carboxylic acid groups (broad SMARTS) is 1. The number of nitriles is 1. The van der Waals surface area contributed by atoms with Crippen molar-refractivity contribution >= 4 is 17.0 Å². The SMILES string of the molecule is C1COC1.COc1cc(C(=O)O)cc2c1nc(Cc1cc(F)c(-c3cccc(OCc4ccc(C#N)cc4C)n3)cc1F)n2C. The summed E-state index contributed by atoms with van der Waals surface area (Å²) in [5, 5.41) is 18.5. The summed E-state index contributed by atoms with van der Waals surface area (Å²) in [7, 11) is 3.08. The number of aryl methyl sites for hydroxylation is 2. The van der Waals surface area contributed by atoms with Crippen LogP contribution in [-0.2, 0) is 24.8 Å². The fourth-order valence-electron chi connectivity index (χ4n) is 4.70. The molecule has 1 N–H and O–H groups in total. The number of carboxylic acids is 1. The van der Waals surface area contributed by atoms with Gasteiger partial charge in [0.1, 0.15) is 35.3 Å². The van der Waals surface area contributed by atoms with Gasteiger partial charge in [0.2, 0.25) is 5.88 Å². The third-order valence-electron chi connectivity index (χ3n) is 7.42. The van der Waals surface area contributed by atoms with Crippen molar-refractivity contribution in [3.63, 3.8) is 0 Å². The molecule has 230 valence electrons. The highest BCUT2D eigenvalue weighted by atomic mass is 19.1. The summed E-state index contributed by atoms with van der Waals surface area (Å²) in [5.41, 5.74) is 3.51. The number of benzene rings is 3. The second-order valence-corrected chi connectivity index (χ2v) is 10.4. The highest BCUT2D eigenvalue weighted by Crippen LogP contribution is 2.30. The van der Waals surface area contributed by atoms with Crippen LogP contribution in [0.3, 0.4) is 0 Å². The highest BCUT2D eigenvalue weighted by Gasteiger charge is 2.19. The summed E-state index contributed by atoms with van der Waals surface area (Å²) in [6, 6.07) is 17.2. The van der Waals surface area contributed by atoms with Crippen molar-refractivity contribution in [3.8, 4) is 29.0 Å². The smallest absolute Gasteiger partial charge is 0.335 e. The first-order valence-electron chi connectivity index (χ1n) is 14.1. The summed E-state index contributed by atoms with van der Waals surface area (Å²) < 4.78 is 48.1. The molecule has 2 aromatic heterocycles. The van der Waals surface area contributed by atoms with Crippen LogP contribution < -0.4 is 9.47 Å². The molecule has 0 atom stereocenters. The van der Waals surface area contributed by atoms with E-state index in [0.29, 0.717) is 22.4 Å². The lowest BCUT2D eigenvalue weighted by Gasteiger charge is -2.11. The number of pyridine rings is 1. The molecule has 3 heterocycles. The summed E-state index contributed by atoms with van der Waals surface area (Å²) in [4.78, 5) is 20.4. The Hall–Kier alpha value is -5.34. The van der Waals surface area contributed by atoms with E-state index in [0.717, 1.165) is 36.5 Å². The molecule has 3 aromatic carbocycles. The standard InChI is InChI=1S/C31H24F2N4O4.C3H6O/c1-17-9-18(15-34)7-8-19(17)16-41-29-6-4-5-25(35-29)22-14-23(32)20(10-24(22)33)13-28-36-30-26(37(28)2)11-21(31(38)39)12-27(30)40-3;1-2-4-3-1/h4-12,14H,13,16H2,1-3H3,(H,38,39);1-3H2. The van der Waals surface area contributed by atoms with Crippen LogP contribution in [0.4, 0.5) is 8.78 Å². The molecule has 0 radical (unpaired) electrons. The zero-order valence-electron chi connectivity index (χ0n) is 24.9. The Labute approximate surface area is 258 Å². The number of hydrogen-bond donors (Lipinski definition) is 1. The second kappa shape index (κ2) is 13.5. The molecular formula is C34H30F2N4O5. The number of carbonyl (C=O) groups is 1. The Morgan fingerprint density at radius 1 is 1.07 bits per heavy atom. The average molecular weight is 613 g/mol. The number of nitrogens with zero attached hydrogens (tertiary/aromatic N) is 4. The molecule has 0 saturated carbocycles. The van der Waals surface area contributed by atoms with Gasteiger partial charge < -0.3 is 23.9 Å². The van der Waals surface area contributed by atoms with Crippen LogP contribution in [0.2, 0.25) is 0 Å². The molecule has 6 rings (SSSR count). The van der Waals surface area contributed by atoms with Gasteiger partial charge in [0, 0.05) is 38.3 Å². The minimum Gasteiger partial charge on any atom is -0.494 e. The Bertz CT molecular complexity index is 1920. The van der Waals surface area contributed by atoms with E-state index >= 15 is 8.78 Å². The zero-order valence-corrected chi connectivity index (χ0v) is 24.9. The van der Waals surface area contributed by atoms with Gasteiger partial charge in [-0.25, -0.2) is 23.5 Å². The van der Waals surface area contributed by atoms with Gasteiger partial charge in [-0.15, -0.1) is 0 Å². The maximum atomic E-state index is 15.3. The van der Waals surface area contributed by atoms with Crippen molar-refractivity contribution in [1.82, 2.24) is 14.5 Å². The van der Waals surface area contributed by atoms with Crippen LogP contribution in [-0.4, -0.2) is 45.9 Å². The molecule has 1 aliphatic heterocycles. The minimum atomic E-state index is -1.12. The summed E-state index contributed by atoms with van der Waals surface area (Å²) >= 11 is 0. The van der Waals surface area contributed by atoms with Crippen LogP contribution in [0.15, 0.2) is 60.7 Å². The molecule has 0 unspecified atom stereocenters. The lowest BCUT2D eigenvalue weighted by Crippen LogP contribution is -2.09. The topological polar surface area (TPSA) is 119 Å². The molecule has 0 aliphatic carbocycles. The van der Waals surface area contributed by atoms with Crippen LogP contribution >= 0.6 is 0 Å². The first-order valence-corrected chi connectivity index (χ1v) is 14.1. The van der Waals surface area contributed by atoms with Crippen LogP contribution in [0.1, 0.15) is 44.9 Å². The Morgan fingerprint density at radius 2 is 1.82 bits per heavy atom. The summed E-state index contributed by atoms with van der Waals surface area (Å²) in [6.07, 6.45) is 1.24. The molecule has 11 heteroatoms. The number of fused-ring (bicyclic) bond motifs is 1. The molecule has 1 fully saturated rings. The monoisotopic (exact) mass is 612 g/mol. The number of methoxy groups -OCH3 is 1. The molecule has 9 nitrogen and oxygen atoms in total. The van der Waals surface area contributed by atoms with Gasteiger partial charge in [-0.1, -0.05) is 12.1 Å². The van der Waals surface area contributed by atoms with Gasteiger partial charge in [0.15, 0.2) is 0 Å². The van der Waals surface area contributed by atoms with Crippen molar-refractivity contribution in [2.24, 2.45) is 7.05 Å². The lowest BCUT2D eigenvalue weighted by atomic mass is 10.0. The van der Waals surface area contributed by atoms with Gasteiger partial charge in [-0.3, -0.25) is 0 Å². The van der Waals surface area contributed by atoms with E-state index in [2.05, 4.69) is 16.0 Å². The van der Waals surface area contributed by atoms with Crippen molar-refractivity contribution in [1.29, 1.82) is 5.26 Å². The molecule has 0 spiro atoms. The van der Waals surface area contributed by atoms with E-state index in [1.54, 1.807) is 48.0 Å². The molecule has 0 bridgehead atoms. The van der Waals surface area contributed by atoms with Gasteiger partial charge in [-0.2, -0.15) is 5.26 Å². The van der Waals surface area contributed by atoms with Crippen molar-refractivity contribution < 1.29 is 32.9 Å². The molecule has 45 heavy (non-hydrogen) atoms. The van der Waals surface area contributed by atoms with Crippen LogP contribution in [0, 0.1) is 29.9 Å². The predicted molar refractivity (Wildman–Crippen MR) is 162 cm³/mol. The number of aromatic carboxylic acids is 1. The van der Waals surface area contributed by atoms with Gasteiger partial charge in [0.05, 0.1) is 35.5 Å². The van der Waals surface area contributed by atoms with E-state index in [4.69, 9.17) is 19.5 Å². The third-order valence-corrected chi connectivity index (χ3v) is 7.42. The maximum absolute atomic E-state index is 15.3. The normalized spacial score (nSPS) is 12.1. The van der Waals surface area contributed by atoms with E-state index in [-0.39, 0.29) is 47.0 Å². The van der Waals surface area contributed by atoms with Crippen LogP contribution in [0.5, 0.6) is 11.6 Å². The number of aromatic nitrogens is 3. The predicted octanol–water partition coefficient (Wildman–Crippen LogP) is 6.38. The lowest BCUT2D eigenvalue weighted by molar-refractivity contribution is 0.0367. The quantitative estimate of drug-likeness (QED) is 0.215. The Morgan fingerprint density at radius 3 is 2.47 bits per heavy atom. The zero-order chi connectivity index (χ0) is 32.1. The fraction of sp³-hybridized carbons (Fsp3) is 0.235. The van der Waals surface area contributed by atoms with E-state index in [1.165, 1.54) is 25.7 Å². The number of hydrogen-bond acceptors (Lipinski definition) is 7. The molecular weight excluding hydrogens is 582 g/mol. The van der Waals surface area contributed by atoms with Crippen molar-refractivity contribution in [2.75, 3.05) is 20.3 Å². The average Bonchev–Trinajstić information content (AvgIpc) is 3.31. The number of imidazole rings is 1. The maximum Gasteiger partial charge on any atom is 0.335 e. The van der Waals surface area contributed by atoms with Crippen LogP contribution in [0.25, 0.3) is 22.3 Å². The molecule has 0 amide bonds. The Kier molecular flexibility index (Phi) is 9.35. The largest absolute Gasteiger partial charge is 0.494 e. The Balaban J connectivity index is 0.000000927.